The first-order valence-electron chi connectivity index (χ1n) is 14.4. The van der Waals surface area contributed by atoms with Crippen LogP contribution in [0, 0.1) is 5.82 Å². The van der Waals surface area contributed by atoms with Crippen LogP contribution in [-0.4, -0.2) is 68.6 Å². The predicted molar refractivity (Wildman–Crippen MR) is 164 cm³/mol. The summed E-state index contributed by atoms with van der Waals surface area (Å²) in [7, 11) is 0. The number of pyridine rings is 1. The first-order chi connectivity index (χ1) is 21.5. The third-order valence-electron chi connectivity index (χ3n) is 7.23. The number of carbonyl (C=O) groups is 1. The van der Waals surface area contributed by atoms with Gasteiger partial charge >= 0.3 is 6.03 Å². The van der Waals surface area contributed by atoms with Crippen LogP contribution in [0.4, 0.5) is 14.9 Å². The minimum absolute atomic E-state index is 0.0338. The van der Waals surface area contributed by atoms with Crippen molar-refractivity contribution in [3.05, 3.63) is 77.2 Å². The highest BCUT2D eigenvalue weighted by Crippen LogP contribution is 2.48. The molecule has 0 saturated carbocycles. The molecule has 6 rings (SSSR count). The van der Waals surface area contributed by atoms with Crippen molar-refractivity contribution in [2.45, 2.75) is 13.0 Å². The number of amides is 2. The number of nitrogens with zero attached hydrogens (tertiary/aromatic N) is 2. The number of carbonyl (C=O) groups excluding carboxylic acids is 1. The van der Waals surface area contributed by atoms with Crippen molar-refractivity contribution in [2.24, 2.45) is 0 Å². The van der Waals surface area contributed by atoms with Crippen molar-refractivity contribution >= 4 is 34.2 Å². The zero-order valence-electron chi connectivity index (χ0n) is 23.9. The van der Waals surface area contributed by atoms with Crippen molar-refractivity contribution < 1.29 is 32.9 Å². The monoisotopic (exact) mass is 622 g/mol. The second kappa shape index (κ2) is 14.0. The number of hydrogen-bond acceptors (Lipinski definition) is 8. The number of benzene rings is 3. The van der Waals surface area contributed by atoms with E-state index in [-0.39, 0.29) is 18.0 Å². The summed E-state index contributed by atoms with van der Waals surface area (Å²) >= 11 is 6.14. The lowest BCUT2D eigenvalue weighted by atomic mass is 10.1. The first kappa shape index (κ1) is 29.7. The molecule has 4 aromatic rings. The van der Waals surface area contributed by atoms with Crippen LogP contribution in [-0.2, 0) is 11.3 Å². The summed E-state index contributed by atoms with van der Waals surface area (Å²) in [5, 5.41) is 6.42. The van der Waals surface area contributed by atoms with Gasteiger partial charge in [0.15, 0.2) is 23.1 Å². The summed E-state index contributed by atoms with van der Waals surface area (Å²) < 4.78 is 44.7. The predicted octanol–water partition coefficient (Wildman–Crippen LogP) is 6.01. The first-order valence-corrected chi connectivity index (χ1v) is 14.8. The van der Waals surface area contributed by atoms with Crippen LogP contribution in [0.5, 0.6) is 28.7 Å². The number of anilines is 1. The number of fused-ring (bicyclic) bond motifs is 3. The maximum Gasteiger partial charge on any atom is 0.319 e. The molecule has 2 aliphatic rings. The van der Waals surface area contributed by atoms with Crippen LogP contribution in [0.3, 0.4) is 0 Å². The molecule has 230 valence electrons. The van der Waals surface area contributed by atoms with E-state index in [1.807, 2.05) is 18.2 Å². The van der Waals surface area contributed by atoms with Gasteiger partial charge in [0.25, 0.3) is 0 Å². The second-order valence-corrected chi connectivity index (χ2v) is 10.6. The molecule has 10 nitrogen and oxygen atoms in total. The Morgan fingerprint density at radius 2 is 1.80 bits per heavy atom. The molecule has 0 unspecified atom stereocenters. The number of aromatic nitrogens is 1. The molecular formula is C32H32ClFN4O6. The standard InChI is InChI=1S/C32H32ClFN4O6/c33-23-5-2-1-4-21(23)20-36-32(39)37-22-6-7-26(24(34)18-22)44-27-8-9-35-25-19-28(30-31(29(25)27)43-17-16-42-30)41-13-3-10-38-11-14-40-15-12-38/h1-2,4-9,18-19H,3,10-17,20H2,(H2,36,37,39). The Kier molecular flexibility index (Phi) is 9.45. The lowest BCUT2D eigenvalue weighted by molar-refractivity contribution is 0.0357. The average Bonchev–Trinajstić information content (AvgIpc) is 3.04. The van der Waals surface area contributed by atoms with E-state index in [9.17, 15) is 4.79 Å². The van der Waals surface area contributed by atoms with Gasteiger partial charge in [0.05, 0.1) is 30.7 Å². The molecule has 1 aromatic heterocycles. The van der Waals surface area contributed by atoms with E-state index >= 15 is 4.39 Å². The number of urea groups is 1. The molecule has 3 aromatic carbocycles. The Hall–Kier alpha value is -4.32. The molecule has 1 saturated heterocycles. The molecule has 2 amide bonds. The number of nitrogens with one attached hydrogen (secondary N) is 2. The van der Waals surface area contributed by atoms with Crippen molar-refractivity contribution in [2.75, 3.05) is 58.0 Å². The highest BCUT2D eigenvalue weighted by atomic mass is 35.5. The smallest absolute Gasteiger partial charge is 0.319 e. The number of halogens is 2. The molecule has 44 heavy (non-hydrogen) atoms. The van der Waals surface area contributed by atoms with Gasteiger partial charge in [0.2, 0.25) is 5.75 Å². The molecule has 0 bridgehead atoms. The largest absolute Gasteiger partial charge is 0.489 e. The Labute approximate surface area is 259 Å². The quantitative estimate of drug-likeness (QED) is 0.207. The molecule has 0 radical (unpaired) electrons. The third-order valence-corrected chi connectivity index (χ3v) is 7.60. The van der Waals surface area contributed by atoms with Gasteiger partial charge in [-0.05, 0) is 36.2 Å². The Morgan fingerprint density at radius 3 is 2.61 bits per heavy atom. The van der Waals surface area contributed by atoms with Crippen LogP contribution in [0.15, 0.2) is 60.8 Å². The van der Waals surface area contributed by atoms with Crippen LogP contribution in [0.25, 0.3) is 10.9 Å². The van der Waals surface area contributed by atoms with Gasteiger partial charge in [-0.1, -0.05) is 29.8 Å². The molecule has 0 spiro atoms. The minimum Gasteiger partial charge on any atom is -0.489 e. The zero-order chi connectivity index (χ0) is 30.3. The minimum atomic E-state index is -0.662. The lowest BCUT2D eigenvalue weighted by Crippen LogP contribution is -2.37. The topological polar surface area (TPSA) is 103 Å². The molecule has 2 aliphatic heterocycles. The van der Waals surface area contributed by atoms with Gasteiger partial charge < -0.3 is 34.3 Å². The average molecular weight is 623 g/mol. The van der Waals surface area contributed by atoms with Gasteiger partial charge in [0, 0.05) is 55.2 Å². The molecule has 12 heteroatoms. The fraction of sp³-hybridized carbons (Fsp3) is 0.312. The summed E-state index contributed by atoms with van der Waals surface area (Å²) in [6.45, 7) is 5.71. The molecule has 3 heterocycles. The SMILES string of the molecule is O=C(NCc1ccccc1Cl)Nc1ccc(Oc2ccnc3cc(OCCCN4CCOCC4)c4c(c23)OCCO4)c(F)c1. The molecule has 0 atom stereocenters. The van der Waals surface area contributed by atoms with Crippen LogP contribution >= 0.6 is 11.6 Å². The molecular weight excluding hydrogens is 591 g/mol. The van der Waals surface area contributed by atoms with E-state index in [1.54, 1.807) is 30.5 Å². The van der Waals surface area contributed by atoms with E-state index < -0.39 is 11.8 Å². The van der Waals surface area contributed by atoms with Gasteiger partial charge in [-0.25, -0.2) is 9.18 Å². The van der Waals surface area contributed by atoms with Gasteiger partial charge in [0.1, 0.15) is 19.0 Å². The maximum absolute atomic E-state index is 15.2. The van der Waals surface area contributed by atoms with Gasteiger partial charge in [-0.2, -0.15) is 0 Å². The molecule has 1 fully saturated rings. The highest BCUT2D eigenvalue weighted by Gasteiger charge is 2.25. The molecule has 0 aliphatic carbocycles. The summed E-state index contributed by atoms with van der Waals surface area (Å²) in [6.07, 6.45) is 2.42. The van der Waals surface area contributed by atoms with Crippen molar-refractivity contribution in [3.63, 3.8) is 0 Å². The summed E-state index contributed by atoms with van der Waals surface area (Å²) in [5.74, 6) is 1.09. The van der Waals surface area contributed by atoms with Crippen molar-refractivity contribution in [1.29, 1.82) is 0 Å². The molecule has 2 N–H and O–H groups in total. The number of rotatable bonds is 10. The highest BCUT2D eigenvalue weighted by molar-refractivity contribution is 6.31. The number of ether oxygens (including phenoxy) is 5. The maximum atomic E-state index is 15.2. The summed E-state index contributed by atoms with van der Waals surface area (Å²) in [5.41, 5.74) is 1.59. The number of morpholine rings is 1. The zero-order valence-corrected chi connectivity index (χ0v) is 24.7. The van der Waals surface area contributed by atoms with Gasteiger partial charge in [-0.15, -0.1) is 0 Å². The van der Waals surface area contributed by atoms with Crippen LogP contribution in [0.1, 0.15) is 12.0 Å². The third kappa shape index (κ3) is 7.07. The van der Waals surface area contributed by atoms with Crippen molar-refractivity contribution in [1.82, 2.24) is 15.2 Å². The fourth-order valence-electron chi connectivity index (χ4n) is 5.03. The summed E-state index contributed by atoms with van der Waals surface area (Å²) in [4.78, 5) is 19.2. The Bertz CT molecular complexity index is 1630. The van der Waals surface area contributed by atoms with E-state index in [0.29, 0.717) is 58.7 Å². The number of hydrogen-bond donors (Lipinski definition) is 2. The summed E-state index contributed by atoms with van der Waals surface area (Å²) in [6, 6.07) is 14.3. The van der Waals surface area contributed by atoms with Crippen LogP contribution in [0.2, 0.25) is 5.02 Å². The Balaban J connectivity index is 1.14. The van der Waals surface area contributed by atoms with Crippen molar-refractivity contribution in [3.8, 4) is 28.7 Å². The van der Waals surface area contributed by atoms with E-state index in [2.05, 4.69) is 20.5 Å². The fourth-order valence-corrected chi connectivity index (χ4v) is 5.24. The van der Waals surface area contributed by atoms with E-state index in [4.69, 9.17) is 35.3 Å². The van der Waals surface area contributed by atoms with E-state index in [1.165, 1.54) is 12.1 Å². The lowest BCUT2D eigenvalue weighted by Gasteiger charge is -2.26. The van der Waals surface area contributed by atoms with E-state index in [0.717, 1.165) is 44.8 Å². The van der Waals surface area contributed by atoms with Gasteiger partial charge in [-0.3, -0.25) is 9.88 Å². The Morgan fingerprint density at radius 1 is 0.977 bits per heavy atom. The normalized spacial score (nSPS) is 14.7. The second-order valence-electron chi connectivity index (χ2n) is 10.2. The van der Waals surface area contributed by atoms with Crippen LogP contribution < -0.4 is 29.6 Å².